The van der Waals surface area contributed by atoms with E-state index in [1.807, 2.05) is 13.0 Å². The Morgan fingerprint density at radius 2 is 2.14 bits per heavy atom. The summed E-state index contributed by atoms with van der Waals surface area (Å²) in [6.07, 6.45) is 8.69. The van der Waals surface area contributed by atoms with Crippen LogP contribution in [0, 0.1) is 12.8 Å². The molecular formula is C21H30N4O3S. The zero-order valence-corrected chi connectivity index (χ0v) is 18.0. The number of amides is 1. The third-order valence-electron chi connectivity index (χ3n) is 6.02. The lowest BCUT2D eigenvalue weighted by atomic mass is 9.86. The van der Waals surface area contributed by atoms with Crippen LogP contribution in [0.2, 0.25) is 0 Å². The summed E-state index contributed by atoms with van der Waals surface area (Å²) in [5.41, 5.74) is 0.933. The monoisotopic (exact) mass is 418 g/mol. The van der Waals surface area contributed by atoms with Gasteiger partial charge in [-0.25, -0.2) is 0 Å². The Bertz CT molecular complexity index is 828. The summed E-state index contributed by atoms with van der Waals surface area (Å²) >= 11 is 1.44. The van der Waals surface area contributed by atoms with Gasteiger partial charge in [-0.1, -0.05) is 31.5 Å². The van der Waals surface area contributed by atoms with Crippen molar-refractivity contribution in [2.75, 3.05) is 12.4 Å². The summed E-state index contributed by atoms with van der Waals surface area (Å²) in [6, 6.07) is 2.21. The molecule has 2 aromatic rings. The highest BCUT2D eigenvalue weighted by Gasteiger charge is 2.25. The Labute approximate surface area is 176 Å². The van der Waals surface area contributed by atoms with Crippen molar-refractivity contribution in [3.05, 3.63) is 18.1 Å². The lowest BCUT2D eigenvalue weighted by Gasteiger charge is -2.29. The maximum absolute atomic E-state index is 12.5. The van der Waals surface area contributed by atoms with Gasteiger partial charge in [0.25, 0.3) is 0 Å². The van der Waals surface area contributed by atoms with Crippen molar-refractivity contribution in [1.82, 2.24) is 20.1 Å². The maximum atomic E-state index is 12.5. The third-order valence-corrected chi connectivity index (χ3v) is 6.98. The molecule has 2 fully saturated rings. The number of nitrogens with zero attached hydrogens (tertiary/aromatic N) is 3. The zero-order chi connectivity index (χ0) is 20.2. The van der Waals surface area contributed by atoms with E-state index in [-0.39, 0.29) is 12.0 Å². The first-order chi connectivity index (χ1) is 14.1. The van der Waals surface area contributed by atoms with Gasteiger partial charge in [0.15, 0.2) is 11.0 Å². The molecular weight excluding hydrogens is 388 g/mol. The van der Waals surface area contributed by atoms with Crippen molar-refractivity contribution in [3.63, 3.8) is 0 Å². The van der Waals surface area contributed by atoms with Gasteiger partial charge in [0.1, 0.15) is 5.76 Å². The van der Waals surface area contributed by atoms with E-state index < -0.39 is 0 Å². The number of hydrogen-bond acceptors (Lipinski definition) is 6. The number of thioether (sulfide) groups is 1. The number of aromatic nitrogens is 3. The van der Waals surface area contributed by atoms with Gasteiger partial charge in [-0.05, 0) is 44.6 Å². The molecule has 1 N–H and O–H groups in total. The van der Waals surface area contributed by atoms with Crippen molar-refractivity contribution < 1.29 is 13.9 Å². The molecule has 1 saturated heterocycles. The molecule has 29 heavy (non-hydrogen) atoms. The van der Waals surface area contributed by atoms with Gasteiger partial charge < -0.3 is 14.5 Å². The lowest BCUT2D eigenvalue weighted by Crippen LogP contribution is -2.41. The number of nitrogens with one attached hydrogen (secondary N) is 1. The summed E-state index contributed by atoms with van der Waals surface area (Å²) < 4.78 is 13.4. The average Bonchev–Trinajstić information content (AvgIpc) is 3.44. The molecule has 4 rings (SSSR count). The van der Waals surface area contributed by atoms with E-state index in [1.54, 1.807) is 6.26 Å². The molecule has 1 amide bonds. The van der Waals surface area contributed by atoms with Crippen LogP contribution in [0.5, 0.6) is 0 Å². The molecule has 7 nitrogen and oxygen atoms in total. The predicted molar refractivity (Wildman–Crippen MR) is 112 cm³/mol. The fraction of sp³-hybridized carbons (Fsp3) is 0.667. The second-order valence-corrected chi connectivity index (χ2v) is 9.11. The van der Waals surface area contributed by atoms with Gasteiger partial charge >= 0.3 is 0 Å². The van der Waals surface area contributed by atoms with Gasteiger partial charge in [0, 0.05) is 12.6 Å². The number of carbonyl (C=O) groups is 1. The van der Waals surface area contributed by atoms with Gasteiger partial charge in [-0.3, -0.25) is 9.36 Å². The summed E-state index contributed by atoms with van der Waals surface area (Å²) in [5.74, 6) is 2.55. The number of hydrogen-bond donors (Lipinski definition) is 1. The topological polar surface area (TPSA) is 82.2 Å². The number of aryl methyl sites for hydroxylation is 1. The van der Waals surface area contributed by atoms with Crippen molar-refractivity contribution in [2.45, 2.75) is 76.2 Å². The molecule has 1 aliphatic carbocycles. The van der Waals surface area contributed by atoms with Gasteiger partial charge in [-0.2, -0.15) is 0 Å². The summed E-state index contributed by atoms with van der Waals surface area (Å²) in [5, 5.41) is 12.8. The van der Waals surface area contributed by atoms with Gasteiger partial charge in [0.05, 0.1) is 30.2 Å². The largest absolute Gasteiger partial charge is 0.469 e. The Balaban J connectivity index is 1.45. The molecule has 0 spiro atoms. The van der Waals surface area contributed by atoms with Crippen LogP contribution < -0.4 is 5.32 Å². The molecule has 8 heteroatoms. The smallest absolute Gasteiger partial charge is 0.230 e. The fourth-order valence-electron chi connectivity index (χ4n) is 4.28. The molecule has 1 aliphatic heterocycles. The second-order valence-electron chi connectivity index (χ2n) is 8.17. The van der Waals surface area contributed by atoms with Crippen LogP contribution in [0.1, 0.15) is 51.2 Å². The van der Waals surface area contributed by atoms with E-state index in [1.165, 1.54) is 31.0 Å². The fourth-order valence-corrected chi connectivity index (χ4v) is 5.04. The first kappa shape index (κ1) is 20.5. The summed E-state index contributed by atoms with van der Waals surface area (Å²) in [7, 11) is 0. The Kier molecular flexibility index (Phi) is 6.60. The Hall–Kier alpha value is -1.80. The highest BCUT2D eigenvalue weighted by Crippen LogP contribution is 2.29. The molecule has 0 unspecified atom stereocenters. The first-order valence-electron chi connectivity index (χ1n) is 10.6. The molecule has 1 saturated carbocycles. The average molecular weight is 419 g/mol. The molecule has 158 valence electrons. The SMILES string of the molecule is Cc1occc1-c1nnc(SCC(=O)N[C@@H]2CCCC[C@@H]2C)n1C[C@H]1CCCO1. The molecule has 0 radical (unpaired) electrons. The predicted octanol–water partition coefficient (Wildman–Crippen LogP) is 3.81. The maximum Gasteiger partial charge on any atom is 0.230 e. The van der Waals surface area contributed by atoms with Crippen molar-refractivity contribution in [1.29, 1.82) is 0 Å². The minimum atomic E-state index is 0.0708. The lowest BCUT2D eigenvalue weighted by molar-refractivity contribution is -0.119. The Morgan fingerprint density at radius 1 is 1.28 bits per heavy atom. The number of ether oxygens (including phenoxy) is 1. The van der Waals surface area contributed by atoms with Crippen LogP contribution in [-0.4, -0.2) is 45.2 Å². The first-order valence-corrected chi connectivity index (χ1v) is 11.6. The molecule has 3 atom stereocenters. The number of furan rings is 1. The standard InChI is InChI=1S/C21H30N4O3S/c1-14-6-3-4-8-18(14)22-19(26)13-29-21-24-23-20(17-9-11-27-15(17)2)25(21)12-16-7-5-10-28-16/h9,11,14,16,18H,3-8,10,12-13H2,1-2H3,(H,22,26)/t14-,16+,18+/m0/s1. The van der Waals surface area contributed by atoms with Crippen LogP contribution in [0.4, 0.5) is 0 Å². The van der Waals surface area contributed by atoms with Crippen LogP contribution >= 0.6 is 11.8 Å². The molecule has 0 bridgehead atoms. The van der Waals surface area contributed by atoms with Crippen LogP contribution in [0.3, 0.4) is 0 Å². The van der Waals surface area contributed by atoms with Crippen LogP contribution in [0.15, 0.2) is 21.9 Å². The quantitative estimate of drug-likeness (QED) is 0.689. The van der Waals surface area contributed by atoms with Crippen LogP contribution in [-0.2, 0) is 16.1 Å². The minimum absolute atomic E-state index is 0.0708. The van der Waals surface area contributed by atoms with E-state index in [9.17, 15) is 4.79 Å². The van der Waals surface area contributed by atoms with Crippen molar-refractivity contribution >= 4 is 17.7 Å². The third kappa shape index (κ3) is 4.86. The van der Waals surface area contributed by atoms with E-state index >= 15 is 0 Å². The number of rotatable bonds is 7. The normalized spacial score (nSPS) is 24.7. The number of carbonyl (C=O) groups excluding carboxylic acids is 1. The van der Waals surface area contributed by atoms with Crippen molar-refractivity contribution in [3.8, 4) is 11.4 Å². The molecule has 2 aliphatic rings. The second kappa shape index (κ2) is 9.34. The summed E-state index contributed by atoms with van der Waals surface area (Å²) in [6.45, 7) is 5.65. The van der Waals surface area contributed by atoms with E-state index in [0.29, 0.717) is 24.3 Å². The Morgan fingerprint density at radius 3 is 2.86 bits per heavy atom. The highest BCUT2D eigenvalue weighted by atomic mass is 32.2. The van der Waals surface area contributed by atoms with E-state index in [4.69, 9.17) is 9.15 Å². The summed E-state index contributed by atoms with van der Waals surface area (Å²) in [4.78, 5) is 12.5. The highest BCUT2D eigenvalue weighted by molar-refractivity contribution is 7.99. The van der Waals surface area contributed by atoms with Gasteiger partial charge in [-0.15, -0.1) is 10.2 Å². The van der Waals surface area contributed by atoms with Crippen LogP contribution in [0.25, 0.3) is 11.4 Å². The molecule has 2 aromatic heterocycles. The molecule has 3 heterocycles. The van der Waals surface area contributed by atoms with Gasteiger partial charge in [0.2, 0.25) is 5.91 Å². The zero-order valence-electron chi connectivity index (χ0n) is 17.2. The van der Waals surface area contributed by atoms with Crippen molar-refractivity contribution in [2.24, 2.45) is 5.92 Å². The van der Waals surface area contributed by atoms with E-state index in [0.717, 1.165) is 48.2 Å². The molecule has 0 aromatic carbocycles. The van der Waals surface area contributed by atoms with E-state index in [2.05, 4.69) is 27.0 Å². The minimum Gasteiger partial charge on any atom is -0.469 e.